The Morgan fingerprint density at radius 3 is 2.72 bits per heavy atom. The van der Waals surface area contributed by atoms with E-state index in [1.807, 2.05) is 6.92 Å². The number of hydrogen-bond donors (Lipinski definition) is 1. The Hall–Kier alpha value is -1.37. The van der Waals surface area contributed by atoms with E-state index < -0.39 is 11.9 Å². The summed E-state index contributed by atoms with van der Waals surface area (Å²) in [6.45, 7) is 3.14. The van der Waals surface area contributed by atoms with Crippen LogP contribution in [0.1, 0.15) is 19.0 Å². The minimum atomic E-state index is -4.44. The summed E-state index contributed by atoms with van der Waals surface area (Å²) in [5.74, 6) is 0.429. The average molecular weight is 260 g/mol. The van der Waals surface area contributed by atoms with Gasteiger partial charge >= 0.3 is 6.18 Å². The molecule has 0 aliphatic carbocycles. The summed E-state index contributed by atoms with van der Waals surface area (Å²) in [5.41, 5.74) is 4.94. The highest BCUT2D eigenvalue weighted by molar-refractivity contribution is 5.32. The van der Waals surface area contributed by atoms with Gasteiger partial charge in [0.15, 0.2) is 0 Å². The molecule has 7 heteroatoms. The van der Waals surface area contributed by atoms with Crippen molar-refractivity contribution in [1.82, 2.24) is 9.97 Å². The van der Waals surface area contributed by atoms with Crippen molar-refractivity contribution in [2.75, 3.05) is 18.0 Å². The maximum absolute atomic E-state index is 12.6. The summed E-state index contributed by atoms with van der Waals surface area (Å²) in [6, 6.07) is 0.823. The predicted molar refractivity (Wildman–Crippen MR) is 61.0 cm³/mol. The van der Waals surface area contributed by atoms with Crippen molar-refractivity contribution in [3.63, 3.8) is 0 Å². The number of piperidine rings is 1. The van der Waals surface area contributed by atoms with Crippen molar-refractivity contribution in [3.8, 4) is 0 Å². The molecule has 2 heterocycles. The number of halogens is 3. The fourth-order valence-electron chi connectivity index (χ4n) is 2.22. The quantitative estimate of drug-likeness (QED) is 0.834. The second-order valence-electron chi connectivity index (χ2n) is 4.75. The molecular formula is C11H15F3N4. The fraction of sp³-hybridized carbons (Fsp3) is 0.636. The van der Waals surface area contributed by atoms with Crippen molar-refractivity contribution >= 4 is 5.95 Å². The summed E-state index contributed by atoms with van der Waals surface area (Å²) in [6.07, 6.45) is -2.44. The first-order chi connectivity index (χ1) is 8.36. The van der Waals surface area contributed by atoms with E-state index in [9.17, 15) is 13.2 Å². The molecule has 1 saturated heterocycles. The summed E-state index contributed by atoms with van der Waals surface area (Å²) in [5, 5.41) is 0. The predicted octanol–water partition coefficient (Wildman–Crippen LogP) is 1.67. The van der Waals surface area contributed by atoms with E-state index in [0.29, 0.717) is 19.0 Å². The first-order valence-corrected chi connectivity index (χ1v) is 5.77. The number of nitrogens with two attached hydrogens (primary N) is 1. The van der Waals surface area contributed by atoms with E-state index in [2.05, 4.69) is 9.97 Å². The van der Waals surface area contributed by atoms with Crippen molar-refractivity contribution in [1.29, 1.82) is 0 Å². The van der Waals surface area contributed by atoms with Crippen LogP contribution in [0.15, 0.2) is 12.3 Å². The Bertz CT molecular complexity index is 411. The number of aromatic nitrogens is 2. The van der Waals surface area contributed by atoms with Crippen LogP contribution >= 0.6 is 0 Å². The molecule has 2 atom stereocenters. The molecule has 100 valence electrons. The molecule has 0 amide bonds. The molecule has 0 aromatic carbocycles. The molecule has 0 bridgehead atoms. The Labute approximate surface area is 103 Å². The largest absolute Gasteiger partial charge is 0.433 e. The molecule has 18 heavy (non-hydrogen) atoms. The lowest BCUT2D eigenvalue weighted by Gasteiger charge is -2.34. The van der Waals surface area contributed by atoms with Gasteiger partial charge in [-0.05, 0) is 18.4 Å². The van der Waals surface area contributed by atoms with Gasteiger partial charge < -0.3 is 10.6 Å². The Morgan fingerprint density at radius 1 is 1.39 bits per heavy atom. The lowest BCUT2D eigenvalue weighted by Crippen LogP contribution is -2.47. The average Bonchev–Trinajstić information content (AvgIpc) is 2.27. The molecule has 2 rings (SSSR count). The van der Waals surface area contributed by atoms with Gasteiger partial charge in [-0.3, -0.25) is 0 Å². The molecule has 2 unspecified atom stereocenters. The molecule has 1 aliphatic heterocycles. The number of anilines is 1. The monoisotopic (exact) mass is 260 g/mol. The molecule has 2 N–H and O–H groups in total. The van der Waals surface area contributed by atoms with Gasteiger partial charge in [-0.2, -0.15) is 13.2 Å². The third-order valence-corrected chi connectivity index (χ3v) is 2.91. The Kier molecular flexibility index (Phi) is 3.43. The molecule has 1 aromatic heterocycles. The third kappa shape index (κ3) is 2.90. The van der Waals surface area contributed by atoms with Gasteiger partial charge in [0, 0.05) is 25.3 Å². The summed E-state index contributed by atoms with van der Waals surface area (Å²) in [4.78, 5) is 9.19. The first-order valence-electron chi connectivity index (χ1n) is 5.77. The molecule has 1 aliphatic rings. The molecule has 1 aromatic rings. The van der Waals surface area contributed by atoms with E-state index in [0.717, 1.165) is 18.7 Å². The van der Waals surface area contributed by atoms with E-state index in [1.54, 1.807) is 4.90 Å². The zero-order valence-electron chi connectivity index (χ0n) is 9.98. The van der Waals surface area contributed by atoms with E-state index in [1.165, 1.54) is 0 Å². The second-order valence-corrected chi connectivity index (χ2v) is 4.75. The maximum Gasteiger partial charge on any atom is 0.433 e. The zero-order valence-corrected chi connectivity index (χ0v) is 9.98. The molecule has 4 nitrogen and oxygen atoms in total. The summed E-state index contributed by atoms with van der Waals surface area (Å²) >= 11 is 0. The van der Waals surface area contributed by atoms with Gasteiger partial charge in [-0.25, -0.2) is 9.97 Å². The molecular weight excluding hydrogens is 245 g/mol. The Balaban J connectivity index is 2.23. The van der Waals surface area contributed by atoms with E-state index in [-0.39, 0.29) is 12.0 Å². The van der Waals surface area contributed by atoms with Crippen LogP contribution in [0.25, 0.3) is 0 Å². The Morgan fingerprint density at radius 2 is 2.11 bits per heavy atom. The van der Waals surface area contributed by atoms with Gasteiger partial charge in [0.05, 0.1) is 0 Å². The smallest absolute Gasteiger partial charge is 0.339 e. The number of alkyl halides is 3. The number of nitrogens with zero attached hydrogens (tertiary/aromatic N) is 3. The van der Waals surface area contributed by atoms with Gasteiger partial charge in [-0.15, -0.1) is 0 Å². The molecule has 0 spiro atoms. The van der Waals surface area contributed by atoms with Crippen molar-refractivity contribution in [2.24, 2.45) is 11.7 Å². The zero-order chi connectivity index (χ0) is 13.3. The highest BCUT2D eigenvalue weighted by Gasteiger charge is 2.33. The molecule has 0 saturated carbocycles. The van der Waals surface area contributed by atoms with Crippen molar-refractivity contribution in [2.45, 2.75) is 25.6 Å². The van der Waals surface area contributed by atoms with Crippen LogP contribution in [0, 0.1) is 5.92 Å². The van der Waals surface area contributed by atoms with Crippen LogP contribution in [0.4, 0.5) is 19.1 Å². The lowest BCUT2D eigenvalue weighted by molar-refractivity contribution is -0.141. The first kappa shape index (κ1) is 13.1. The van der Waals surface area contributed by atoms with Crippen LogP contribution < -0.4 is 10.6 Å². The minimum absolute atomic E-state index is 0.0492. The normalized spacial score (nSPS) is 25.3. The second kappa shape index (κ2) is 4.72. The summed E-state index contributed by atoms with van der Waals surface area (Å²) in [7, 11) is 0. The van der Waals surface area contributed by atoms with Crippen LogP contribution in [-0.4, -0.2) is 29.1 Å². The molecule has 1 fully saturated rings. The van der Waals surface area contributed by atoms with Crippen LogP contribution in [0.3, 0.4) is 0 Å². The minimum Gasteiger partial charge on any atom is -0.339 e. The number of hydrogen-bond acceptors (Lipinski definition) is 4. The van der Waals surface area contributed by atoms with E-state index >= 15 is 0 Å². The van der Waals surface area contributed by atoms with Gasteiger partial charge in [-0.1, -0.05) is 6.92 Å². The van der Waals surface area contributed by atoms with E-state index in [4.69, 9.17) is 5.73 Å². The highest BCUT2D eigenvalue weighted by Crippen LogP contribution is 2.28. The SMILES string of the molecule is CC1CC(N)CN(c2nccc(C(F)(F)F)n2)C1. The van der Waals surface area contributed by atoms with Gasteiger partial charge in [0.2, 0.25) is 5.95 Å². The maximum atomic E-state index is 12.6. The van der Waals surface area contributed by atoms with Gasteiger partial charge in [0.25, 0.3) is 0 Å². The summed E-state index contributed by atoms with van der Waals surface area (Å²) < 4.78 is 37.7. The fourth-order valence-corrected chi connectivity index (χ4v) is 2.22. The van der Waals surface area contributed by atoms with Crippen LogP contribution in [0.5, 0.6) is 0 Å². The number of rotatable bonds is 1. The molecule has 0 radical (unpaired) electrons. The van der Waals surface area contributed by atoms with Crippen LogP contribution in [-0.2, 0) is 6.18 Å². The third-order valence-electron chi connectivity index (χ3n) is 2.91. The van der Waals surface area contributed by atoms with Gasteiger partial charge in [0.1, 0.15) is 5.69 Å². The van der Waals surface area contributed by atoms with Crippen LogP contribution in [0.2, 0.25) is 0 Å². The lowest BCUT2D eigenvalue weighted by atomic mass is 9.97. The van der Waals surface area contributed by atoms with Crippen molar-refractivity contribution < 1.29 is 13.2 Å². The highest BCUT2D eigenvalue weighted by atomic mass is 19.4. The topological polar surface area (TPSA) is 55.0 Å². The standard InChI is InChI=1S/C11H15F3N4/c1-7-4-8(15)6-18(5-7)10-16-3-2-9(17-10)11(12,13)14/h2-3,7-8H,4-6,15H2,1H3. The van der Waals surface area contributed by atoms with Crippen molar-refractivity contribution in [3.05, 3.63) is 18.0 Å².